The molecular weight excluding hydrogens is 634 g/mol. The van der Waals surface area contributed by atoms with E-state index < -0.39 is 36.0 Å². The zero-order valence-corrected chi connectivity index (χ0v) is 28.3. The lowest BCUT2D eigenvalue weighted by molar-refractivity contribution is -0.138. The van der Waals surface area contributed by atoms with E-state index in [1.54, 1.807) is 25.2 Å². The average Bonchev–Trinajstić information content (AvgIpc) is 3.12. The number of piperazine rings is 1. The van der Waals surface area contributed by atoms with Crippen molar-refractivity contribution in [1.82, 2.24) is 25.0 Å². The van der Waals surface area contributed by atoms with Crippen molar-refractivity contribution >= 4 is 30.0 Å². The highest BCUT2D eigenvalue weighted by Crippen LogP contribution is 2.25. The summed E-state index contributed by atoms with van der Waals surface area (Å²) >= 11 is 0. The van der Waals surface area contributed by atoms with Gasteiger partial charge in [0.25, 0.3) is 5.91 Å². The maximum atomic E-state index is 13.7. The second kappa shape index (κ2) is 18.7. The van der Waals surface area contributed by atoms with Gasteiger partial charge in [-0.15, -0.1) is 0 Å². The summed E-state index contributed by atoms with van der Waals surface area (Å²) in [6.07, 6.45) is 2.90. The summed E-state index contributed by atoms with van der Waals surface area (Å²) in [7, 11) is 1.65. The maximum absolute atomic E-state index is 13.7. The number of nitrogens with zero attached hydrogens (tertiary/aromatic N) is 4. The van der Waals surface area contributed by atoms with Crippen molar-refractivity contribution in [3.05, 3.63) is 48.2 Å². The van der Waals surface area contributed by atoms with Crippen LogP contribution in [-0.4, -0.2) is 120 Å². The molecule has 49 heavy (non-hydrogen) atoms. The van der Waals surface area contributed by atoms with E-state index in [2.05, 4.69) is 17.2 Å². The van der Waals surface area contributed by atoms with Gasteiger partial charge in [0.05, 0.1) is 12.3 Å². The first-order valence-electron chi connectivity index (χ1n) is 17.0. The smallest absolute Gasteiger partial charge is 0.414 e. The van der Waals surface area contributed by atoms with E-state index in [0.29, 0.717) is 37.6 Å². The fourth-order valence-electron chi connectivity index (χ4n) is 5.70. The Hall–Kier alpha value is -4.72. The molecule has 0 radical (unpaired) electrons. The van der Waals surface area contributed by atoms with Crippen LogP contribution >= 0.6 is 0 Å². The highest BCUT2D eigenvalue weighted by Gasteiger charge is 2.31. The summed E-state index contributed by atoms with van der Waals surface area (Å²) in [5, 5.41) is 12.0. The molecule has 2 N–H and O–H groups in total. The van der Waals surface area contributed by atoms with Crippen molar-refractivity contribution in [3.63, 3.8) is 0 Å². The number of unbranched alkanes of at least 4 members (excludes halogenated alkanes) is 2. The number of carbonyl (C=O) groups is 5. The zero-order chi connectivity index (χ0) is 35.2. The summed E-state index contributed by atoms with van der Waals surface area (Å²) in [4.78, 5) is 73.3. The minimum absolute atomic E-state index is 0.0916. The Morgan fingerprint density at radius 2 is 1.71 bits per heavy atom. The molecule has 14 heteroatoms. The van der Waals surface area contributed by atoms with Crippen molar-refractivity contribution in [2.24, 2.45) is 5.92 Å². The van der Waals surface area contributed by atoms with Crippen LogP contribution in [0.3, 0.4) is 0 Å². The fourth-order valence-corrected chi connectivity index (χ4v) is 5.70. The molecule has 3 heterocycles. The van der Waals surface area contributed by atoms with Crippen LogP contribution in [0.2, 0.25) is 0 Å². The fraction of sp³-hybridized carbons (Fsp3) is 0.543. The molecule has 0 saturated carbocycles. The molecule has 0 unspecified atom stereocenters. The highest BCUT2D eigenvalue weighted by molar-refractivity contribution is 5.97. The second-order valence-electron chi connectivity index (χ2n) is 12.3. The van der Waals surface area contributed by atoms with Crippen LogP contribution in [0.5, 0.6) is 5.75 Å². The van der Waals surface area contributed by atoms with Gasteiger partial charge in [-0.25, -0.2) is 14.6 Å². The molecule has 0 spiro atoms. The molecule has 0 aliphatic carbocycles. The van der Waals surface area contributed by atoms with Crippen molar-refractivity contribution in [2.75, 3.05) is 59.6 Å². The molecule has 1 atom stereocenters. The highest BCUT2D eigenvalue weighted by atomic mass is 16.6. The Morgan fingerprint density at radius 3 is 2.39 bits per heavy atom. The molecule has 2 aromatic rings. The molecule has 0 bridgehead atoms. The molecule has 4 amide bonds. The van der Waals surface area contributed by atoms with Crippen LogP contribution in [0.4, 0.5) is 9.59 Å². The quantitative estimate of drug-likeness (QED) is 0.278. The third-order valence-corrected chi connectivity index (χ3v) is 8.56. The van der Waals surface area contributed by atoms with E-state index in [1.165, 1.54) is 20.8 Å². The maximum Gasteiger partial charge on any atom is 0.414 e. The molecule has 266 valence electrons. The van der Waals surface area contributed by atoms with E-state index >= 15 is 0 Å². The number of hydrogen-bond acceptors (Lipinski definition) is 9. The van der Waals surface area contributed by atoms with Gasteiger partial charge >= 0.3 is 18.2 Å². The lowest BCUT2D eigenvalue weighted by atomic mass is 10.0. The van der Waals surface area contributed by atoms with Crippen LogP contribution in [0.1, 0.15) is 62.4 Å². The van der Waals surface area contributed by atoms with E-state index in [4.69, 9.17) is 14.2 Å². The van der Waals surface area contributed by atoms with Crippen LogP contribution < -0.4 is 10.1 Å². The number of rotatable bonds is 14. The summed E-state index contributed by atoms with van der Waals surface area (Å²) in [5.41, 5.74) is 0.930. The Kier molecular flexibility index (Phi) is 14.2. The van der Waals surface area contributed by atoms with Crippen LogP contribution in [0, 0.1) is 5.92 Å². The number of benzene rings is 1. The number of carbonyl (C=O) groups excluding carboxylic acids is 4. The van der Waals surface area contributed by atoms with Crippen LogP contribution in [0.15, 0.2) is 42.5 Å². The number of aromatic nitrogens is 1. The Labute approximate surface area is 286 Å². The van der Waals surface area contributed by atoms with Gasteiger partial charge in [0.2, 0.25) is 5.91 Å². The SMILES string of the molecule is CCCCCOC(=O)N1CCN(C(=O)[C@H](CCC(=O)O)NC(=O)c2cc(OC(=O)N(C)CC3CCOCC3)cc(-c3ccccc3)n2)CC1. The number of ether oxygens (including phenoxy) is 3. The Morgan fingerprint density at radius 1 is 1.02 bits per heavy atom. The number of hydrogen-bond donors (Lipinski definition) is 2. The molecule has 2 fully saturated rings. The Balaban J connectivity index is 1.47. The van der Waals surface area contributed by atoms with E-state index in [-0.39, 0.29) is 56.4 Å². The van der Waals surface area contributed by atoms with E-state index in [0.717, 1.165) is 32.1 Å². The molecule has 2 aliphatic rings. The van der Waals surface area contributed by atoms with Gasteiger partial charge in [0, 0.05) is 77.1 Å². The lowest BCUT2D eigenvalue weighted by Gasteiger charge is -2.36. The number of aliphatic carboxylic acids is 1. The van der Waals surface area contributed by atoms with Gasteiger partial charge in [-0.3, -0.25) is 14.4 Å². The monoisotopic (exact) mass is 681 g/mol. The van der Waals surface area contributed by atoms with Crippen LogP contribution in [0.25, 0.3) is 11.3 Å². The summed E-state index contributed by atoms with van der Waals surface area (Å²) < 4.78 is 16.4. The minimum Gasteiger partial charge on any atom is -0.481 e. The number of amides is 4. The van der Waals surface area contributed by atoms with Gasteiger partial charge in [0.1, 0.15) is 17.5 Å². The number of nitrogens with one attached hydrogen (secondary N) is 1. The topological polar surface area (TPSA) is 168 Å². The van der Waals surface area contributed by atoms with Crippen molar-refractivity contribution < 1.29 is 43.3 Å². The molecule has 1 aromatic heterocycles. The molecule has 2 aliphatic heterocycles. The minimum atomic E-state index is -1.17. The molecular formula is C35H47N5O9. The van der Waals surface area contributed by atoms with Gasteiger partial charge < -0.3 is 39.3 Å². The van der Waals surface area contributed by atoms with Crippen molar-refractivity contribution in [1.29, 1.82) is 0 Å². The lowest BCUT2D eigenvalue weighted by Crippen LogP contribution is -2.56. The van der Waals surface area contributed by atoms with E-state index in [9.17, 15) is 29.1 Å². The van der Waals surface area contributed by atoms with Gasteiger partial charge in [-0.05, 0) is 31.6 Å². The second-order valence-corrected chi connectivity index (χ2v) is 12.3. The third-order valence-electron chi connectivity index (χ3n) is 8.56. The van der Waals surface area contributed by atoms with Gasteiger partial charge in [-0.1, -0.05) is 50.1 Å². The molecule has 14 nitrogen and oxygen atoms in total. The van der Waals surface area contributed by atoms with Gasteiger partial charge in [0.15, 0.2) is 0 Å². The van der Waals surface area contributed by atoms with Gasteiger partial charge in [-0.2, -0.15) is 0 Å². The number of carboxylic acids is 1. The van der Waals surface area contributed by atoms with Crippen molar-refractivity contribution in [3.8, 4) is 17.0 Å². The van der Waals surface area contributed by atoms with Crippen molar-refractivity contribution in [2.45, 2.75) is 57.9 Å². The first-order valence-corrected chi connectivity index (χ1v) is 17.0. The summed E-state index contributed by atoms with van der Waals surface area (Å²) in [6.45, 7) is 5.08. The summed E-state index contributed by atoms with van der Waals surface area (Å²) in [6, 6.07) is 10.8. The summed E-state index contributed by atoms with van der Waals surface area (Å²) in [5.74, 6) is -1.94. The normalized spacial score (nSPS) is 15.6. The first-order chi connectivity index (χ1) is 23.6. The number of carboxylic acid groups (broad SMARTS) is 1. The largest absolute Gasteiger partial charge is 0.481 e. The third kappa shape index (κ3) is 11.4. The first kappa shape index (κ1) is 37.1. The Bertz CT molecular complexity index is 1430. The average molecular weight is 682 g/mol. The van der Waals surface area contributed by atoms with E-state index in [1.807, 2.05) is 18.2 Å². The number of pyridine rings is 1. The molecule has 4 rings (SSSR count). The van der Waals surface area contributed by atoms with Crippen LogP contribution in [-0.2, 0) is 19.1 Å². The zero-order valence-electron chi connectivity index (χ0n) is 28.3. The predicted molar refractivity (Wildman–Crippen MR) is 179 cm³/mol. The molecule has 2 saturated heterocycles. The standard InChI is InChI=1S/C35H47N5O9/c1-3-4-8-19-48-35(46)40-17-15-39(16-18-40)33(44)28(11-12-31(41)42)37-32(43)30-23-27(22-29(36-30)26-9-6-5-7-10-26)49-34(45)38(2)24-25-13-20-47-21-14-25/h5-7,9-10,22-23,25,28H,3-4,8,11-21,24H2,1-2H3,(H,37,43)(H,41,42)/t28-/m0/s1. The predicted octanol–water partition coefficient (Wildman–Crippen LogP) is 4.04. The molecule has 1 aromatic carbocycles.